The predicted octanol–water partition coefficient (Wildman–Crippen LogP) is 3.71. The molecule has 0 aliphatic heterocycles. The van der Waals surface area contributed by atoms with E-state index >= 15 is 0 Å². The fourth-order valence-electron chi connectivity index (χ4n) is 2.94. The summed E-state index contributed by atoms with van der Waals surface area (Å²) in [5, 5.41) is 50.4. The van der Waals surface area contributed by atoms with Crippen LogP contribution in [0.1, 0.15) is 36.1 Å². The van der Waals surface area contributed by atoms with Gasteiger partial charge in [-0.25, -0.2) is 0 Å². The van der Waals surface area contributed by atoms with Crippen molar-refractivity contribution in [3.63, 3.8) is 0 Å². The third kappa shape index (κ3) is 6.43. The molecule has 2 N–H and O–H groups in total. The van der Waals surface area contributed by atoms with Crippen molar-refractivity contribution in [1.82, 2.24) is 4.90 Å². The first kappa shape index (κ1) is 26.4. The summed E-state index contributed by atoms with van der Waals surface area (Å²) in [5.74, 6) is -1.21. The Morgan fingerprint density at radius 2 is 1.41 bits per heavy atom. The van der Waals surface area contributed by atoms with Gasteiger partial charge < -0.3 is 15.1 Å². The minimum Gasteiger partial charge on any atom is -0.497 e. The van der Waals surface area contributed by atoms with Crippen LogP contribution in [0.15, 0.2) is 24.3 Å². The molecule has 0 atom stereocenters. The number of benzene rings is 2. The minimum absolute atomic E-state index is 0.447. The number of hydrogen-bond acceptors (Lipinski definition) is 9. The molecule has 12 nitrogen and oxygen atoms in total. The van der Waals surface area contributed by atoms with Crippen LogP contribution >= 0.6 is 0 Å². The van der Waals surface area contributed by atoms with Crippen LogP contribution in [-0.2, 0) is 12.1 Å². The second-order valence-electron chi connectivity index (χ2n) is 7.93. The van der Waals surface area contributed by atoms with Gasteiger partial charge in [0.05, 0.1) is 32.5 Å². The molecule has 0 saturated carbocycles. The highest BCUT2D eigenvalue weighted by Crippen LogP contribution is 2.39. The average molecular weight is 450 g/mol. The quantitative estimate of drug-likeness (QED) is 0.491. The molecule has 12 heteroatoms. The van der Waals surface area contributed by atoms with Gasteiger partial charge in [-0.3, -0.25) is 30.3 Å². The number of nitro benzene ring substituents is 3. The van der Waals surface area contributed by atoms with Crippen molar-refractivity contribution in [2.24, 2.45) is 0 Å². The van der Waals surface area contributed by atoms with E-state index in [1.54, 1.807) is 0 Å². The number of aliphatic hydroxyl groups is 1. The van der Waals surface area contributed by atoms with Gasteiger partial charge in [0.2, 0.25) is 0 Å². The molecule has 0 spiro atoms. The molecule has 0 radical (unpaired) electrons. The zero-order valence-corrected chi connectivity index (χ0v) is 18.6. The fourth-order valence-corrected chi connectivity index (χ4v) is 2.94. The van der Waals surface area contributed by atoms with E-state index in [4.69, 9.17) is 5.11 Å². The molecule has 0 amide bonds. The number of phenolic OH excluding ortho intramolecular Hbond substituents is 1. The monoisotopic (exact) mass is 450 g/mol. The fraction of sp³-hybridized carbons (Fsp3) is 0.400. The van der Waals surface area contributed by atoms with Crippen molar-refractivity contribution in [1.29, 1.82) is 0 Å². The Kier molecular flexibility index (Phi) is 8.34. The van der Waals surface area contributed by atoms with E-state index in [2.05, 4.69) is 38.9 Å². The lowest BCUT2D eigenvalue weighted by atomic mass is 9.88. The minimum atomic E-state index is -1.21. The lowest BCUT2D eigenvalue weighted by molar-refractivity contribution is -0.404. The molecule has 0 aliphatic carbocycles. The molecule has 0 aliphatic rings. The summed E-state index contributed by atoms with van der Waals surface area (Å²) in [7, 11) is 4.10. The lowest BCUT2D eigenvalue weighted by Gasteiger charge is -2.25. The molecule has 0 unspecified atom stereocenters. The number of nitro groups is 3. The summed E-state index contributed by atoms with van der Waals surface area (Å²) in [4.78, 5) is 29.9. The maximum absolute atomic E-state index is 10.4. The maximum atomic E-state index is 10.4. The molecule has 32 heavy (non-hydrogen) atoms. The Bertz CT molecular complexity index is 1010. The molecule has 0 aromatic heterocycles. The van der Waals surface area contributed by atoms with Gasteiger partial charge in [0, 0.05) is 6.54 Å². The van der Waals surface area contributed by atoms with Crippen molar-refractivity contribution in [2.45, 2.75) is 39.8 Å². The SMILES string of the molecule is Cc1ccc(C(C)(C)O)c(CN(C)C)c1C.O=[N+]([O-])c1cc([N+](=O)[O-])c(O)c([N+](=O)[O-])c1. The highest BCUT2D eigenvalue weighted by atomic mass is 16.6. The van der Waals surface area contributed by atoms with Crippen molar-refractivity contribution >= 4 is 17.1 Å². The normalized spacial score (nSPS) is 11.0. The summed E-state index contributed by atoms with van der Waals surface area (Å²) in [5.41, 5.74) is 1.07. The van der Waals surface area contributed by atoms with Crippen LogP contribution in [-0.4, -0.2) is 44.0 Å². The molecule has 0 saturated heterocycles. The Morgan fingerprint density at radius 1 is 0.938 bits per heavy atom. The lowest BCUT2D eigenvalue weighted by Crippen LogP contribution is -2.22. The number of aryl methyl sites for hydroxylation is 1. The molecular formula is C20H26N4O8. The Morgan fingerprint density at radius 3 is 1.75 bits per heavy atom. The van der Waals surface area contributed by atoms with E-state index < -0.39 is 43.2 Å². The first-order valence-electron chi connectivity index (χ1n) is 9.34. The maximum Gasteiger partial charge on any atom is 0.324 e. The Labute approximate surface area is 184 Å². The van der Waals surface area contributed by atoms with Gasteiger partial charge >= 0.3 is 11.4 Å². The van der Waals surface area contributed by atoms with Crippen LogP contribution in [0.5, 0.6) is 5.75 Å². The number of hydrogen-bond donors (Lipinski definition) is 2. The summed E-state index contributed by atoms with van der Waals surface area (Å²) < 4.78 is 0. The van der Waals surface area contributed by atoms with Crippen molar-refractivity contribution in [3.8, 4) is 5.75 Å². The zero-order chi connectivity index (χ0) is 25.0. The topological polar surface area (TPSA) is 173 Å². The third-order valence-corrected chi connectivity index (χ3v) is 4.66. The standard InChI is InChI=1S/C14H23NO.C6H3N3O7/c1-10-7-8-13(14(3,4)16)12(11(10)2)9-15(5)6;10-6-4(8(13)14)1-3(7(11)12)2-5(6)9(15)16/h7-8,16H,9H2,1-6H3;1-2,10H. The van der Waals surface area contributed by atoms with Crippen LogP contribution in [0, 0.1) is 44.2 Å². The average Bonchev–Trinajstić information content (AvgIpc) is 2.64. The second-order valence-corrected chi connectivity index (χ2v) is 7.93. The molecule has 174 valence electrons. The third-order valence-electron chi connectivity index (χ3n) is 4.66. The van der Waals surface area contributed by atoms with Crippen LogP contribution < -0.4 is 0 Å². The van der Waals surface area contributed by atoms with Crippen molar-refractivity contribution in [3.05, 3.63) is 76.9 Å². The smallest absolute Gasteiger partial charge is 0.324 e. The predicted molar refractivity (Wildman–Crippen MR) is 117 cm³/mol. The molecule has 2 aromatic rings. The van der Waals surface area contributed by atoms with Gasteiger partial charge in [0.1, 0.15) is 0 Å². The van der Waals surface area contributed by atoms with E-state index in [1.165, 1.54) is 16.7 Å². The first-order valence-corrected chi connectivity index (χ1v) is 9.34. The van der Waals surface area contributed by atoms with Gasteiger partial charge in [-0.1, -0.05) is 12.1 Å². The largest absolute Gasteiger partial charge is 0.497 e. The van der Waals surface area contributed by atoms with E-state index in [0.717, 1.165) is 12.1 Å². The Balaban J connectivity index is 0.000000320. The molecule has 0 heterocycles. The van der Waals surface area contributed by atoms with E-state index in [-0.39, 0.29) is 0 Å². The molecular weight excluding hydrogens is 424 g/mol. The van der Waals surface area contributed by atoms with E-state index in [1.807, 2.05) is 19.9 Å². The van der Waals surface area contributed by atoms with Crippen molar-refractivity contribution in [2.75, 3.05) is 14.1 Å². The number of phenols is 1. The molecule has 2 aromatic carbocycles. The highest BCUT2D eigenvalue weighted by molar-refractivity contribution is 5.64. The Hall–Kier alpha value is -3.64. The van der Waals surface area contributed by atoms with Gasteiger partial charge in [0.15, 0.2) is 0 Å². The zero-order valence-electron chi connectivity index (χ0n) is 18.6. The first-order chi connectivity index (χ1) is 14.6. The molecule has 2 rings (SSSR count). The number of non-ortho nitro benzene ring substituents is 1. The summed E-state index contributed by atoms with van der Waals surface area (Å²) >= 11 is 0. The number of rotatable bonds is 6. The van der Waals surface area contributed by atoms with Crippen molar-refractivity contribution < 1.29 is 25.0 Å². The number of nitrogens with zero attached hydrogens (tertiary/aromatic N) is 4. The summed E-state index contributed by atoms with van der Waals surface area (Å²) in [6, 6.07) is 5.02. The van der Waals surface area contributed by atoms with Crippen LogP contribution in [0.2, 0.25) is 0 Å². The second kappa shape index (κ2) is 10.1. The van der Waals surface area contributed by atoms with E-state index in [9.17, 15) is 35.4 Å². The van der Waals surface area contributed by atoms with E-state index in [0.29, 0.717) is 12.1 Å². The van der Waals surface area contributed by atoms with Gasteiger partial charge in [0.25, 0.3) is 11.4 Å². The molecule has 0 fully saturated rings. The van der Waals surface area contributed by atoms with Gasteiger partial charge in [-0.15, -0.1) is 0 Å². The molecule has 0 bridgehead atoms. The number of aromatic hydroxyl groups is 1. The van der Waals surface area contributed by atoms with Gasteiger partial charge in [-0.05, 0) is 64.0 Å². The van der Waals surface area contributed by atoms with Crippen LogP contribution in [0.25, 0.3) is 0 Å². The summed E-state index contributed by atoms with van der Waals surface area (Å²) in [6.07, 6.45) is 0. The highest BCUT2D eigenvalue weighted by Gasteiger charge is 2.30. The van der Waals surface area contributed by atoms with Gasteiger partial charge in [-0.2, -0.15) is 0 Å². The summed E-state index contributed by atoms with van der Waals surface area (Å²) in [6.45, 7) is 8.80. The van der Waals surface area contributed by atoms with Crippen LogP contribution in [0.4, 0.5) is 17.1 Å². The van der Waals surface area contributed by atoms with Crippen LogP contribution in [0.3, 0.4) is 0 Å².